The number of nitrogens with one attached hydrogen (secondary N) is 1. The summed E-state index contributed by atoms with van der Waals surface area (Å²) >= 11 is 0. The second kappa shape index (κ2) is 6.07. The Morgan fingerprint density at radius 3 is 2.36 bits per heavy atom. The SMILES string of the molecule is Cc1ccc(S(=O)(=O)NN=Cc2ccc(O)c(O)c2)cc1C. The van der Waals surface area contributed by atoms with Gasteiger partial charge in [-0.05, 0) is 60.9 Å². The van der Waals surface area contributed by atoms with E-state index in [1.807, 2.05) is 13.8 Å². The zero-order valence-corrected chi connectivity index (χ0v) is 12.9. The van der Waals surface area contributed by atoms with E-state index in [0.717, 1.165) is 11.1 Å². The van der Waals surface area contributed by atoms with Crippen LogP contribution >= 0.6 is 0 Å². The van der Waals surface area contributed by atoms with E-state index in [1.165, 1.54) is 30.5 Å². The lowest BCUT2D eigenvalue weighted by atomic mass is 10.1. The molecular formula is C15H16N2O4S. The molecule has 22 heavy (non-hydrogen) atoms. The van der Waals surface area contributed by atoms with E-state index in [2.05, 4.69) is 9.93 Å². The summed E-state index contributed by atoms with van der Waals surface area (Å²) in [6, 6.07) is 8.85. The molecule has 0 fully saturated rings. The van der Waals surface area contributed by atoms with Crippen LogP contribution in [0.15, 0.2) is 46.4 Å². The van der Waals surface area contributed by atoms with Crippen LogP contribution in [0.5, 0.6) is 11.5 Å². The molecule has 0 unspecified atom stereocenters. The van der Waals surface area contributed by atoms with Gasteiger partial charge in [-0.1, -0.05) is 6.07 Å². The van der Waals surface area contributed by atoms with Crippen LogP contribution in [0, 0.1) is 13.8 Å². The molecule has 2 aromatic carbocycles. The summed E-state index contributed by atoms with van der Waals surface area (Å²) in [5.41, 5.74) is 2.32. The van der Waals surface area contributed by atoms with Gasteiger partial charge >= 0.3 is 0 Å². The van der Waals surface area contributed by atoms with Crippen LogP contribution in [-0.4, -0.2) is 24.8 Å². The van der Waals surface area contributed by atoms with Crippen LogP contribution in [0.4, 0.5) is 0 Å². The van der Waals surface area contributed by atoms with Crippen molar-refractivity contribution in [3.05, 3.63) is 53.1 Å². The fourth-order valence-corrected chi connectivity index (χ4v) is 2.60. The monoisotopic (exact) mass is 320 g/mol. The lowest BCUT2D eigenvalue weighted by Gasteiger charge is -2.06. The van der Waals surface area contributed by atoms with Crippen LogP contribution in [0.3, 0.4) is 0 Å². The van der Waals surface area contributed by atoms with Gasteiger partial charge in [0.25, 0.3) is 10.0 Å². The fourth-order valence-electron chi connectivity index (χ4n) is 1.72. The first-order valence-electron chi connectivity index (χ1n) is 6.44. The first kappa shape index (κ1) is 15.8. The van der Waals surface area contributed by atoms with Crippen molar-refractivity contribution < 1.29 is 18.6 Å². The highest BCUT2D eigenvalue weighted by Crippen LogP contribution is 2.24. The van der Waals surface area contributed by atoms with E-state index in [0.29, 0.717) is 5.56 Å². The van der Waals surface area contributed by atoms with E-state index >= 15 is 0 Å². The molecule has 116 valence electrons. The summed E-state index contributed by atoms with van der Waals surface area (Å²) in [6.07, 6.45) is 1.23. The number of benzene rings is 2. The number of aryl methyl sites for hydroxylation is 2. The van der Waals surface area contributed by atoms with Gasteiger partial charge in [0.2, 0.25) is 0 Å². The van der Waals surface area contributed by atoms with Gasteiger partial charge in [0.05, 0.1) is 11.1 Å². The number of nitrogens with zero attached hydrogens (tertiary/aromatic N) is 1. The molecule has 0 heterocycles. The van der Waals surface area contributed by atoms with Crippen molar-refractivity contribution in [2.24, 2.45) is 5.10 Å². The summed E-state index contributed by atoms with van der Waals surface area (Å²) in [5, 5.41) is 22.2. The maximum absolute atomic E-state index is 12.1. The van der Waals surface area contributed by atoms with Gasteiger partial charge < -0.3 is 10.2 Å². The number of hydrazone groups is 1. The van der Waals surface area contributed by atoms with Crippen molar-refractivity contribution in [1.29, 1.82) is 0 Å². The van der Waals surface area contributed by atoms with E-state index in [4.69, 9.17) is 0 Å². The molecule has 0 radical (unpaired) electrons. The Labute approximate surface area is 128 Å². The van der Waals surface area contributed by atoms with Crippen LogP contribution < -0.4 is 4.83 Å². The van der Waals surface area contributed by atoms with Gasteiger partial charge in [0.1, 0.15) is 0 Å². The molecule has 6 nitrogen and oxygen atoms in total. The predicted molar refractivity (Wildman–Crippen MR) is 83.6 cm³/mol. The number of phenolic OH excluding ortho intramolecular Hbond substituents is 2. The molecule has 0 aliphatic carbocycles. The van der Waals surface area contributed by atoms with Crippen molar-refractivity contribution >= 4 is 16.2 Å². The Morgan fingerprint density at radius 2 is 1.73 bits per heavy atom. The van der Waals surface area contributed by atoms with Crippen molar-refractivity contribution in [3.8, 4) is 11.5 Å². The number of sulfonamides is 1. The molecular weight excluding hydrogens is 304 g/mol. The lowest BCUT2D eigenvalue weighted by Crippen LogP contribution is -2.18. The molecule has 0 aromatic heterocycles. The molecule has 0 spiro atoms. The van der Waals surface area contributed by atoms with Crippen LogP contribution in [-0.2, 0) is 10.0 Å². The molecule has 0 amide bonds. The van der Waals surface area contributed by atoms with Gasteiger partial charge in [-0.2, -0.15) is 13.5 Å². The molecule has 0 saturated carbocycles. The summed E-state index contributed by atoms with van der Waals surface area (Å²) in [7, 11) is -3.75. The molecule has 7 heteroatoms. The molecule has 0 saturated heterocycles. The minimum Gasteiger partial charge on any atom is -0.504 e. The molecule has 2 rings (SSSR count). The largest absolute Gasteiger partial charge is 0.504 e. The molecule has 0 aliphatic heterocycles. The number of phenols is 2. The Bertz CT molecular complexity index is 829. The van der Waals surface area contributed by atoms with E-state index in [9.17, 15) is 18.6 Å². The Hall–Kier alpha value is -2.54. The zero-order valence-electron chi connectivity index (χ0n) is 12.1. The fraction of sp³-hybridized carbons (Fsp3) is 0.133. The van der Waals surface area contributed by atoms with Gasteiger partial charge in [-0.3, -0.25) is 0 Å². The van der Waals surface area contributed by atoms with Gasteiger partial charge in [0, 0.05) is 0 Å². The Kier molecular flexibility index (Phi) is 4.37. The summed E-state index contributed by atoms with van der Waals surface area (Å²) < 4.78 is 24.2. The highest BCUT2D eigenvalue weighted by atomic mass is 32.2. The second-order valence-electron chi connectivity index (χ2n) is 4.85. The molecule has 0 bridgehead atoms. The lowest BCUT2D eigenvalue weighted by molar-refractivity contribution is 0.403. The number of aromatic hydroxyl groups is 2. The third kappa shape index (κ3) is 3.56. The van der Waals surface area contributed by atoms with Crippen LogP contribution in [0.25, 0.3) is 0 Å². The average Bonchev–Trinajstić information content (AvgIpc) is 2.45. The van der Waals surface area contributed by atoms with Gasteiger partial charge in [0.15, 0.2) is 11.5 Å². The predicted octanol–water partition coefficient (Wildman–Crippen LogP) is 2.03. The quantitative estimate of drug-likeness (QED) is 0.456. The van der Waals surface area contributed by atoms with E-state index < -0.39 is 10.0 Å². The van der Waals surface area contributed by atoms with Gasteiger partial charge in [-0.15, -0.1) is 0 Å². The Morgan fingerprint density at radius 1 is 1.00 bits per heavy atom. The minimum atomic E-state index is -3.75. The molecule has 3 N–H and O–H groups in total. The summed E-state index contributed by atoms with van der Waals surface area (Å²) in [5.74, 6) is -0.561. The van der Waals surface area contributed by atoms with E-state index in [1.54, 1.807) is 12.1 Å². The van der Waals surface area contributed by atoms with Crippen molar-refractivity contribution in [3.63, 3.8) is 0 Å². The maximum Gasteiger partial charge on any atom is 0.276 e. The third-order valence-electron chi connectivity index (χ3n) is 3.17. The van der Waals surface area contributed by atoms with E-state index in [-0.39, 0.29) is 16.4 Å². The minimum absolute atomic E-state index is 0.126. The van der Waals surface area contributed by atoms with Crippen molar-refractivity contribution in [2.75, 3.05) is 0 Å². The zero-order chi connectivity index (χ0) is 16.3. The third-order valence-corrected chi connectivity index (χ3v) is 4.39. The topological polar surface area (TPSA) is 99.0 Å². The average molecular weight is 320 g/mol. The normalized spacial score (nSPS) is 11.7. The number of rotatable bonds is 4. The first-order chi connectivity index (χ1) is 10.3. The highest BCUT2D eigenvalue weighted by Gasteiger charge is 2.13. The summed E-state index contributed by atoms with van der Waals surface area (Å²) in [6.45, 7) is 3.73. The molecule has 0 aliphatic rings. The second-order valence-corrected chi connectivity index (χ2v) is 6.51. The number of hydrogen-bond donors (Lipinski definition) is 3. The highest BCUT2D eigenvalue weighted by molar-refractivity contribution is 7.89. The standard InChI is InChI=1S/C15H16N2O4S/c1-10-3-5-13(7-11(10)2)22(20,21)17-16-9-12-4-6-14(18)15(19)8-12/h3-9,17-19H,1-2H3. The van der Waals surface area contributed by atoms with Crippen molar-refractivity contribution in [1.82, 2.24) is 4.83 Å². The van der Waals surface area contributed by atoms with Crippen LogP contribution in [0.1, 0.15) is 16.7 Å². The molecule has 2 aromatic rings. The maximum atomic E-state index is 12.1. The van der Waals surface area contributed by atoms with Gasteiger partial charge in [-0.25, -0.2) is 4.83 Å². The summed E-state index contributed by atoms with van der Waals surface area (Å²) in [4.78, 5) is 2.23. The first-order valence-corrected chi connectivity index (χ1v) is 7.92. The smallest absolute Gasteiger partial charge is 0.276 e. The van der Waals surface area contributed by atoms with Crippen molar-refractivity contribution in [2.45, 2.75) is 18.7 Å². The number of hydrogen-bond acceptors (Lipinski definition) is 5. The molecule has 0 atom stereocenters. The Balaban J connectivity index is 2.16. The van der Waals surface area contributed by atoms with Crippen LogP contribution in [0.2, 0.25) is 0 Å².